The molecule has 1 N–H and O–H groups in total. The maximum atomic E-state index is 13.1. The minimum Gasteiger partial charge on any atom is -0.337 e. The lowest BCUT2D eigenvalue weighted by atomic mass is 9.80. The van der Waals surface area contributed by atoms with Crippen LogP contribution in [0.2, 0.25) is 0 Å². The molecule has 1 aromatic carbocycles. The molecular formula is C22H25N7O2. The summed E-state index contributed by atoms with van der Waals surface area (Å²) in [6.07, 6.45) is 1.82. The molecule has 4 heterocycles. The highest BCUT2D eigenvalue weighted by Crippen LogP contribution is 2.44. The van der Waals surface area contributed by atoms with Gasteiger partial charge in [-0.2, -0.15) is 10.2 Å². The minimum atomic E-state index is -0.488. The van der Waals surface area contributed by atoms with E-state index in [1.165, 1.54) is 0 Å². The Hall–Kier alpha value is -3.49. The van der Waals surface area contributed by atoms with Crippen molar-refractivity contribution in [2.24, 2.45) is 5.92 Å². The van der Waals surface area contributed by atoms with E-state index < -0.39 is 5.41 Å². The molecule has 2 saturated heterocycles. The maximum absolute atomic E-state index is 13.1. The Kier molecular flexibility index (Phi) is 4.60. The molecule has 9 nitrogen and oxygen atoms in total. The molecule has 2 amide bonds. The average Bonchev–Trinajstić information content (AvgIpc) is 3.55. The van der Waals surface area contributed by atoms with Crippen molar-refractivity contribution in [2.75, 3.05) is 26.2 Å². The Morgan fingerprint density at radius 3 is 2.42 bits per heavy atom. The van der Waals surface area contributed by atoms with Crippen LogP contribution in [0.1, 0.15) is 39.4 Å². The van der Waals surface area contributed by atoms with Crippen molar-refractivity contribution in [3.05, 3.63) is 65.5 Å². The Morgan fingerprint density at radius 2 is 1.81 bits per heavy atom. The van der Waals surface area contributed by atoms with Crippen LogP contribution in [0.3, 0.4) is 0 Å². The van der Waals surface area contributed by atoms with Crippen molar-refractivity contribution >= 4 is 11.8 Å². The number of H-pyrrole nitrogens is 1. The van der Waals surface area contributed by atoms with Crippen molar-refractivity contribution in [1.29, 1.82) is 0 Å². The highest BCUT2D eigenvalue weighted by molar-refractivity contribution is 5.95. The van der Waals surface area contributed by atoms with E-state index in [0.29, 0.717) is 49.8 Å². The molecule has 0 unspecified atom stereocenters. The summed E-state index contributed by atoms with van der Waals surface area (Å²) in [5, 5.41) is 11.8. The van der Waals surface area contributed by atoms with Gasteiger partial charge in [-0.1, -0.05) is 18.2 Å². The summed E-state index contributed by atoms with van der Waals surface area (Å²) in [4.78, 5) is 34.6. The van der Waals surface area contributed by atoms with E-state index in [1.54, 1.807) is 10.7 Å². The second-order valence-corrected chi connectivity index (χ2v) is 8.39. The van der Waals surface area contributed by atoms with Gasteiger partial charge in [-0.25, -0.2) is 4.98 Å². The van der Waals surface area contributed by atoms with Crippen LogP contribution in [0.15, 0.2) is 42.6 Å². The summed E-state index contributed by atoms with van der Waals surface area (Å²) in [7, 11) is 0. The van der Waals surface area contributed by atoms with Crippen LogP contribution in [-0.2, 0) is 12.0 Å². The predicted octanol–water partition coefficient (Wildman–Crippen LogP) is 1.50. The number of aromatic amines is 1. The third-order valence-corrected chi connectivity index (χ3v) is 6.43. The molecule has 9 heteroatoms. The average molecular weight is 419 g/mol. The third-order valence-electron chi connectivity index (χ3n) is 6.43. The normalized spacial score (nSPS) is 22.7. The zero-order valence-electron chi connectivity index (χ0n) is 17.7. The zero-order valence-corrected chi connectivity index (χ0v) is 17.7. The van der Waals surface area contributed by atoms with E-state index in [-0.39, 0.29) is 17.7 Å². The summed E-state index contributed by atoms with van der Waals surface area (Å²) in [5.74, 6) is 1.37. The van der Waals surface area contributed by atoms with Gasteiger partial charge in [-0.05, 0) is 32.0 Å². The Morgan fingerprint density at radius 1 is 1.10 bits per heavy atom. The van der Waals surface area contributed by atoms with Crippen LogP contribution in [0, 0.1) is 12.8 Å². The first kappa shape index (κ1) is 19.5. The number of carbonyl (C=O) groups is 2. The van der Waals surface area contributed by atoms with Crippen LogP contribution < -0.4 is 0 Å². The summed E-state index contributed by atoms with van der Waals surface area (Å²) in [6, 6.07) is 11.1. The first-order valence-electron chi connectivity index (χ1n) is 10.6. The van der Waals surface area contributed by atoms with Gasteiger partial charge in [-0.3, -0.25) is 19.4 Å². The van der Waals surface area contributed by atoms with Crippen molar-refractivity contribution in [1.82, 2.24) is 34.8 Å². The number of nitrogens with one attached hydrogen (secondary N) is 1. The van der Waals surface area contributed by atoms with Gasteiger partial charge in [0.2, 0.25) is 0 Å². The molecule has 0 spiro atoms. The van der Waals surface area contributed by atoms with E-state index in [9.17, 15) is 9.59 Å². The molecule has 31 heavy (non-hydrogen) atoms. The number of hydrogen-bond donors (Lipinski definition) is 1. The number of likely N-dealkylation sites (tertiary alicyclic amines) is 2. The van der Waals surface area contributed by atoms with Crippen LogP contribution in [0.4, 0.5) is 0 Å². The van der Waals surface area contributed by atoms with Crippen molar-refractivity contribution in [2.45, 2.75) is 25.8 Å². The molecule has 0 saturated carbocycles. The number of aromatic nitrogens is 5. The second-order valence-electron chi connectivity index (χ2n) is 8.39. The first-order chi connectivity index (χ1) is 15.0. The predicted molar refractivity (Wildman–Crippen MR) is 112 cm³/mol. The Balaban J connectivity index is 1.43. The molecule has 0 aliphatic carbocycles. The van der Waals surface area contributed by atoms with E-state index in [1.807, 2.05) is 60.2 Å². The highest BCUT2D eigenvalue weighted by Gasteiger charge is 2.57. The van der Waals surface area contributed by atoms with E-state index >= 15 is 0 Å². The van der Waals surface area contributed by atoms with Crippen molar-refractivity contribution in [3.63, 3.8) is 0 Å². The quantitative estimate of drug-likeness (QED) is 0.691. The Bertz CT molecular complexity index is 1120. The van der Waals surface area contributed by atoms with Crippen molar-refractivity contribution in [3.8, 4) is 0 Å². The molecule has 160 valence electrons. The van der Waals surface area contributed by atoms with Gasteiger partial charge in [0.1, 0.15) is 11.5 Å². The summed E-state index contributed by atoms with van der Waals surface area (Å²) < 4.78 is 1.75. The van der Waals surface area contributed by atoms with Crippen LogP contribution in [0.5, 0.6) is 0 Å². The van der Waals surface area contributed by atoms with E-state index in [2.05, 4.69) is 20.3 Å². The summed E-state index contributed by atoms with van der Waals surface area (Å²) in [5.41, 5.74) is 0.625. The molecule has 5 rings (SSSR count). The molecule has 0 bridgehead atoms. The topological polar surface area (TPSA) is 100 Å². The number of aryl methyl sites for hydroxylation is 2. The van der Waals surface area contributed by atoms with Gasteiger partial charge in [0, 0.05) is 50.4 Å². The smallest absolute Gasteiger partial charge is 0.274 e. The lowest BCUT2D eigenvalue weighted by Crippen LogP contribution is -2.42. The number of hydrogen-bond acceptors (Lipinski definition) is 5. The number of carbonyl (C=O) groups excluding carboxylic acids is 2. The van der Waals surface area contributed by atoms with E-state index in [0.717, 1.165) is 5.82 Å². The molecule has 0 radical (unpaired) electrons. The number of amides is 2. The fourth-order valence-corrected chi connectivity index (χ4v) is 4.83. The molecule has 2 atom stereocenters. The van der Waals surface area contributed by atoms with Gasteiger partial charge >= 0.3 is 0 Å². The summed E-state index contributed by atoms with van der Waals surface area (Å²) in [6.45, 7) is 6.62. The van der Waals surface area contributed by atoms with Gasteiger partial charge < -0.3 is 9.80 Å². The van der Waals surface area contributed by atoms with Gasteiger partial charge in [-0.15, -0.1) is 0 Å². The van der Waals surface area contributed by atoms with Gasteiger partial charge in [0.15, 0.2) is 5.82 Å². The maximum Gasteiger partial charge on any atom is 0.274 e. The number of benzene rings is 1. The minimum absolute atomic E-state index is 0.00111. The lowest BCUT2D eigenvalue weighted by molar-refractivity contribution is 0.0728. The first-order valence-corrected chi connectivity index (χ1v) is 10.6. The molecule has 3 aromatic rings. The van der Waals surface area contributed by atoms with Crippen LogP contribution in [0.25, 0.3) is 0 Å². The third kappa shape index (κ3) is 3.20. The fourth-order valence-electron chi connectivity index (χ4n) is 4.83. The van der Waals surface area contributed by atoms with Crippen LogP contribution in [-0.4, -0.2) is 72.8 Å². The standard InChI is InChI=1S/C22H25N7O2/c1-3-29-10-9-18(26-29)20(31)28-12-17-11-27(19(30)16-7-5-4-6-8-16)13-22(17,14-28)21-23-15(2)24-25-21/h4-10,17H,3,11-14H2,1-2H3,(H,23,24,25)/t17-,22-/m0/s1. The Labute approximate surface area is 180 Å². The molecular weight excluding hydrogens is 394 g/mol. The number of nitrogens with zero attached hydrogens (tertiary/aromatic N) is 6. The van der Waals surface area contributed by atoms with Crippen LogP contribution >= 0.6 is 0 Å². The SMILES string of the molecule is CCn1ccc(C(=O)N2C[C@@H]3CN(C(=O)c4ccccc4)C[C@]3(c3n[nH]c(C)n3)C2)n1. The molecule has 2 aliphatic heterocycles. The van der Waals surface area contributed by atoms with Gasteiger partial charge in [0.25, 0.3) is 11.8 Å². The second kappa shape index (κ2) is 7.33. The fraction of sp³-hybridized carbons (Fsp3) is 0.409. The molecule has 2 aliphatic rings. The lowest BCUT2D eigenvalue weighted by Gasteiger charge is -2.26. The highest BCUT2D eigenvalue weighted by atomic mass is 16.2. The van der Waals surface area contributed by atoms with Gasteiger partial charge in [0.05, 0.1) is 5.41 Å². The molecule has 2 fully saturated rings. The number of rotatable bonds is 4. The van der Waals surface area contributed by atoms with Crippen molar-refractivity contribution < 1.29 is 9.59 Å². The number of fused-ring (bicyclic) bond motifs is 1. The monoisotopic (exact) mass is 419 g/mol. The zero-order chi connectivity index (χ0) is 21.6. The molecule has 2 aromatic heterocycles. The summed E-state index contributed by atoms with van der Waals surface area (Å²) >= 11 is 0. The van der Waals surface area contributed by atoms with E-state index in [4.69, 9.17) is 0 Å². The largest absolute Gasteiger partial charge is 0.337 e.